The Morgan fingerprint density at radius 1 is 1.53 bits per heavy atom. The van der Waals surface area contributed by atoms with Gasteiger partial charge in [0.2, 0.25) is 0 Å². The minimum Gasteiger partial charge on any atom is -0.384 e. The molecule has 1 aromatic carbocycles. The van der Waals surface area contributed by atoms with Crippen LogP contribution in [-0.2, 0) is 4.74 Å². The minimum absolute atomic E-state index is 0.0444. The summed E-state index contributed by atoms with van der Waals surface area (Å²) in [5, 5.41) is 0. The summed E-state index contributed by atoms with van der Waals surface area (Å²) in [6, 6.07) is 5.09. The van der Waals surface area contributed by atoms with Gasteiger partial charge in [0.05, 0.1) is 6.61 Å². The first-order valence-electron chi connectivity index (χ1n) is 5.01. The van der Waals surface area contributed by atoms with Crippen molar-refractivity contribution in [2.75, 3.05) is 13.7 Å². The van der Waals surface area contributed by atoms with Crippen LogP contribution in [0, 0.1) is 5.82 Å². The molecule has 1 unspecified atom stereocenters. The number of methoxy groups -OCH3 is 1. The minimum atomic E-state index is -0.181. The van der Waals surface area contributed by atoms with Gasteiger partial charge in [-0.1, -0.05) is 31.2 Å². The average molecular weight is 208 g/mol. The van der Waals surface area contributed by atoms with E-state index >= 15 is 0 Å². The van der Waals surface area contributed by atoms with Gasteiger partial charge in [0.15, 0.2) is 0 Å². The SMILES string of the molecule is C=C(C)c1cccc(F)c1C(C)COC. The summed E-state index contributed by atoms with van der Waals surface area (Å²) >= 11 is 0. The van der Waals surface area contributed by atoms with Gasteiger partial charge in [-0.3, -0.25) is 0 Å². The molecule has 1 rings (SSSR count). The highest BCUT2D eigenvalue weighted by molar-refractivity contribution is 5.65. The lowest BCUT2D eigenvalue weighted by molar-refractivity contribution is 0.183. The van der Waals surface area contributed by atoms with Gasteiger partial charge in [-0.05, 0) is 18.6 Å². The monoisotopic (exact) mass is 208 g/mol. The molecule has 0 heterocycles. The molecule has 2 heteroatoms. The van der Waals surface area contributed by atoms with E-state index in [0.29, 0.717) is 12.2 Å². The second kappa shape index (κ2) is 5.08. The third-order valence-corrected chi connectivity index (χ3v) is 2.42. The molecule has 0 N–H and O–H groups in total. The summed E-state index contributed by atoms with van der Waals surface area (Å²) in [6.45, 7) is 8.22. The predicted molar refractivity (Wildman–Crippen MR) is 61.4 cm³/mol. The van der Waals surface area contributed by atoms with Crippen LogP contribution in [-0.4, -0.2) is 13.7 Å². The molecule has 0 aliphatic rings. The van der Waals surface area contributed by atoms with E-state index in [9.17, 15) is 4.39 Å². The van der Waals surface area contributed by atoms with Crippen LogP contribution in [0.15, 0.2) is 24.8 Å². The van der Waals surface area contributed by atoms with Crippen molar-refractivity contribution >= 4 is 5.57 Å². The summed E-state index contributed by atoms with van der Waals surface area (Å²) < 4.78 is 18.7. The van der Waals surface area contributed by atoms with E-state index in [1.807, 2.05) is 19.9 Å². The number of hydrogen-bond donors (Lipinski definition) is 0. The molecular formula is C13H17FO. The third-order valence-electron chi connectivity index (χ3n) is 2.42. The quantitative estimate of drug-likeness (QED) is 0.734. The van der Waals surface area contributed by atoms with Gasteiger partial charge in [-0.25, -0.2) is 4.39 Å². The summed E-state index contributed by atoms with van der Waals surface area (Å²) in [7, 11) is 1.62. The van der Waals surface area contributed by atoms with E-state index in [4.69, 9.17) is 4.74 Å². The zero-order valence-electron chi connectivity index (χ0n) is 9.51. The summed E-state index contributed by atoms with van der Waals surface area (Å²) in [5.74, 6) is -0.136. The van der Waals surface area contributed by atoms with Crippen LogP contribution in [0.5, 0.6) is 0 Å². The predicted octanol–water partition coefficient (Wildman–Crippen LogP) is 3.61. The average Bonchev–Trinajstić information content (AvgIpc) is 2.17. The first-order chi connectivity index (χ1) is 7.07. The molecule has 0 radical (unpaired) electrons. The molecule has 0 aromatic heterocycles. The van der Waals surface area contributed by atoms with Crippen LogP contribution in [0.3, 0.4) is 0 Å². The second-order valence-electron chi connectivity index (χ2n) is 3.84. The van der Waals surface area contributed by atoms with E-state index in [0.717, 1.165) is 11.1 Å². The Hall–Kier alpha value is -1.15. The summed E-state index contributed by atoms with van der Waals surface area (Å²) in [4.78, 5) is 0. The number of halogens is 1. The van der Waals surface area contributed by atoms with E-state index in [1.165, 1.54) is 6.07 Å². The highest BCUT2D eigenvalue weighted by Crippen LogP contribution is 2.27. The maximum atomic E-state index is 13.7. The van der Waals surface area contributed by atoms with E-state index in [1.54, 1.807) is 13.2 Å². The van der Waals surface area contributed by atoms with Crippen molar-refractivity contribution in [1.82, 2.24) is 0 Å². The third kappa shape index (κ3) is 2.66. The van der Waals surface area contributed by atoms with Gasteiger partial charge in [0, 0.05) is 18.6 Å². The molecule has 15 heavy (non-hydrogen) atoms. The van der Waals surface area contributed by atoms with Crippen LogP contribution in [0.4, 0.5) is 4.39 Å². The Morgan fingerprint density at radius 3 is 2.73 bits per heavy atom. The Kier molecular flexibility index (Phi) is 4.04. The number of rotatable bonds is 4. The Bertz CT molecular complexity index is 358. The molecule has 0 aliphatic carbocycles. The molecule has 1 atom stereocenters. The van der Waals surface area contributed by atoms with E-state index in [2.05, 4.69) is 6.58 Å². The topological polar surface area (TPSA) is 9.23 Å². The van der Waals surface area contributed by atoms with Gasteiger partial charge in [-0.15, -0.1) is 0 Å². The molecule has 0 amide bonds. The Morgan fingerprint density at radius 2 is 2.20 bits per heavy atom. The van der Waals surface area contributed by atoms with Crippen molar-refractivity contribution in [1.29, 1.82) is 0 Å². The van der Waals surface area contributed by atoms with Gasteiger partial charge in [-0.2, -0.15) is 0 Å². The zero-order valence-corrected chi connectivity index (χ0v) is 9.51. The number of hydrogen-bond acceptors (Lipinski definition) is 1. The van der Waals surface area contributed by atoms with Crippen molar-refractivity contribution in [2.45, 2.75) is 19.8 Å². The molecule has 0 aliphatic heterocycles. The van der Waals surface area contributed by atoms with Crippen molar-refractivity contribution in [3.05, 3.63) is 41.7 Å². The Balaban J connectivity index is 3.18. The molecule has 0 fully saturated rings. The normalized spacial score (nSPS) is 12.5. The second-order valence-corrected chi connectivity index (χ2v) is 3.84. The van der Waals surface area contributed by atoms with Gasteiger partial charge < -0.3 is 4.74 Å². The number of ether oxygens (including phenoxy) is 1. The van der Waals surface area contributed by atoms with Crippen molar-refractivity contribution in [3.8, 4) is 0 Å². The van der Waals surface area contributed by atoms with Crippen LogP contribution in [0.1, 0.15) is 30.9 Å². The Labute approximate surface area is 90.6 Å². The van der Waals surface area contributed by atoms with Crippen molar-refractivity contribution < 1.29 is 9.13 Å². The first kappa shape index (κ1) is 11.9. The van der Waals surface area contributed by atoms with Gasteiger partial charge in [0.1, 0.15) is 5.82 Å². The van der Waals surface area contributed by atoms with Gasteiger partial charge >= 0.3 is 0 Å². The van der Waals surface area contributed by atoms with Crippen LogP contribution in [0.25, 0.3) is 5.57 Å². The fraction of sp³-hybridized carbons (Fsp3) is 0.385. The smallest absolute Gasteiger partial charge is 0.127 e. The molecule has 0 saturated heterocycles. The van der Waals surface area contributed by atoms with Gasteiger partial charge in [0.25, 0.3) is 0 Å². The number of benzene rings is 1. The zero-order chi connectivity index (χ0) is 11.4. The van der Waals surface area contributed by atoms with Crippen molar-refractivity contribution in [3.63, 3.8) is 0 Å². The largest absolute Gasteiger partial charge is 0.384 e. The lowest BCUT2D eigenvalue weighted by Gasteiger charge is -2.16. The van der Waals surface area contributed by atoms with E-state index < -0.39 is 0 Å². The van der Waals surface area contributed by atoms with E-state index in [-0.39, 0.29) is 11.7 Å². The maximum absolute atomic E-state index is 13.7. The number of allylic oxidation sites excluding steroid dienone is 1. The molecule has 82 valence electrons. The fourth-order valence-electron chi connectivity index (χ4n) is 1.74. The highest BCUT2D eigenvalue weighted by atomic mass is 19.1. The van der Waals surface area contributed by atoms with Crippen LogP contribution >= 0.6 is 0 Å². The molecule has 0 spiro atoms. The standard InChI is InChI=1S/C13H17FO/c1-9(2)11-6-5-7-12(14)13(11)10(3)8-15-4/h5-7,10H,1,8H2,2-4H3. The summed E-state index contributed by atoms with van der Waals surface area (Å²) in [6.07, 6.45) is 0. The lowest BCUT2D eigenvalue weighted by Crippen LogP contribution is -2.07. The molecular weight excluding hydrogens is 191 g/mol. The fourth-order valence-corrected chi connectivity index (χ4v) is 1.74. The van der Waals surface area contributed by atoms with Crippen LogP contribution < -0.4 is 0 Å². The maximum Gasteiger partial charge on any atom is 0.127 e. The summed E-state index contributed by atoms with van der Waals surface area (Å²) in [5.41, 5.74) is 2.47. The molecule has 1 aromatic rings. The first-order valence-corrected chi connectivity index (χ1v) is 5.01. The van der Waals surface area contributed by atoms with Crippen molar-refractivity contribution in [2.24, 2.45) is 0 Å². The molecule has 0 bridgehead atoms. The lowest BCUT2D eigenvalue weighted by atomic mass is 9.92. The molecule has 1 nitrogen and oxygen atoms in total. The highest BCUT2D eigenvalue weighted by Gasteiger charge is 2.15. The molecule has 0 saturated carbocycles. The van der Waals surface area contributed by atoms with Crippen LogP contribution in [0.2, 0.25) is 0 Å².